The fraction of sp³-hybridized carbons (Fsp3) is 0.333. The van der Waals surface area contributed by atoms with Gasteiger partial charge in [-0.25, -0.2) is 0 Å². The van der Waals surface area contributed by atoms with Crippen molar-refractivity contribution in [2.45, 2.75) is 39.4 Å². The summed E-state index contributed by atoms with van der Waals surface area (Å²) in [5, 5.41) is 1.52. The smallest absolute Gasteiger partial charge is 0.0656 e. The van der Waals surface area contributed by atoms with E-state index in [1.54, 1.807) is 0 Å². The van der Waals surface area contributed by atoms with Crippen LogP contribution in [0, 0.1) is 0 Å². The summed E-state index contributed by atoms with van der Waals surface area (Å²) < 4.78 is 0. The van der Waals surface area contributed by atoms with Crippen LogP contribution in [0.4, 0.5) is 0 Å². The van der Waals surface area contributed by atoms with Gasteiger partial charge in [-0.05, 0) is 22.6 Å². The lowest BCUT2D eigenvalue weighted by molar-refractivity contribution is 0.867. The quantitative estimate of drug-likeness (QED) is 0.685. The summed E-state index contributed by atoms with van der Waals surface area (Å²) in [4.78, 5) is 0. The Labute approximate surface area is 118 Å². The lowest BCUT2D eigenvalue weighted by Gasteiger charge is -2.17. The summed E-state index contributed by atoms with van der Waals surface area (Å²) in [6.45, 7) is 11.6. The zero-order valence-electron chi connectivity index (χ0n) is 12.7. The highest BCUT2D eigenvalue weighted by molar-refractivity contribution is 6.88. The molecule has 0 atom stereocenters. The molecule has 0 saturated carbocycles. The van der Waals surface area contributed by atoms with Crippen LogP contribution in [0.15, 0.2) is 48.5 Å². The van der Waals surface area contributed by atoms with E-state index in [2.05, 4.69) is 82.0 Å². The van der Waals surface area contributed by atoms with Gasteiger partial charge in [0.05, 0.1) is 8.07 Å². The Morgan fingerprint density at radius 2 is 1.11 bits per heavy atom. The number of hydrogen-bond donors (Lipinski definition) is 0. The van der Waals surface area contributed by atoms with Crippen LogP contribution in [0.3, 0.4) is 0 Å². The second kappa shape index (κ2) is 5.34. The van der Waals surface area contributed by atoms with E-state index < -0.39 is 8.07 Å². The molecule has 0 bridgehead atoms. The maximum atomic E-state index is 2.39. The van der Waals surface area contributed by atoms with Crippen LogP contribution in [0.25, 0.3) is 11.1 Å². The second-order valence-electron chi connectivity index (χ2n) is 6.60. The van der Waals surface area contributed by atoms with Gasteiger partial charge in [0, 0.05) is 0 Å². The average Bonchev–Trinajstić information content (AvgIpc) is 2.38. The molecule has 0 radical (unpaired) electrons. The first-order valence-electron chi connectivity index (χ1n) is 7.09. The van der Waals surface area contributed by atoms with Crippen molar-refractivity contribution in [3.63, 3.8) is 0 Å². The summed E-state index contributed by atoms with van der Waals surface area (Å²) >= 11 is 0. The number of rotatable bonds is 3. The Morgan fingerprint density at radius 1 is 0.684 bits per heavy atom. The van der Waals surface area contributed by atoms with Crippen molar-refractivity contribution in [1.29, 1.82) is 0 Å². The van der Waals surface area contributed by atoms with Crippen molar-refractivity contribution >= 4 is 13.3 Å². The van der Waals surface area contributed by atoms with E-state index in [-0.39, 0.29) is 0 Å². The molecule has 0 aliphatic heterocycles. The highest BCUT2D eigenvalue weighted by atomic mass is 28.3. The van der Waals surface area contributed by atoms with Crippen LogP contribution in [0.1, 0.15) is 25.3 Å². The maximum absolute atomic E-state index is 2.39. The average molecular weight is 268 g/mol. The first kappa shape index (κ1) is 14.1. The molecule has 2 aromatic carbocycles. The third-order valence-electron chi connectivity index (χ3n) is 3.66. The van der Waals surface area contributed by atoms with Crippen LogP contribution in [-0.4, -0.2) is 8.07 Å². The fourth-order valence-corrected chi connectivity index (χ4v) is 3.39. The van der Waals surface area contributed by atoms with Gasteiger partial charge < -0.3 is 0 Å². The molecule has 0 aliphatic rings. The van der Waals surface area contributed by atoms with Gasteiger partial charge >= 0.3 is 0 Å². The van der Waals surface area contributed by atoms with E-state index in [0.717, 1.165) is 0 Å². The first-order valence-corrected chi connectivity index (χ1v) is 10.6. The molecule has 0 heterocycles. The SMILES string of the molecule is CC(C)c1ccc(-c2ccc([Si](C)(C)C)cc2)cc1. The van der Waals surface area contributed by atoms with Crippen molar-refractivity contribution in [2.75, 3.05) is 0 Å². The molecule has 0 fully saturated rings. The second-order valence-corrected chi connectivity index (χ2v) is 11.7. The van der Waals surface area contributed by atoms with Crippen LogP contribution >= 0.6 is 0 Å². The fourth-order valence-electron chi connectivity index (χ4n) is 2.22. The molecular formula is C18H24Si. The molecule has 0 N–H and O–H groups in total. The van der Waals surface area contributed by atoms with Gasteiger partial charge in [-0.3, -0.25) is 0 Å². The van der Waals surface area contributed by atoms with E-state index in [1.165, 1.54) is 21.9 Å². The van der Waals surface area contributed by atoms with Crippen LogP contribution < -0.4 is 5.19 Å². The Hall–Kier alpha value is -1.34. The minimum atomic E-state index is -1.18. The van der Waals surface area contributed by atoms with Gasteiger partial charge in [0.2, 0.25) is 0 Å². The highest BCUT2D eigenvalue weighted by Gasteiger charge is 2.15. The standard InChI is InChI=1S/C18H24Si/c1-14(2)15-6-8-16(9-7-15)17-10-12-18(13-11-17)19(3,4)5/h6-14H,1-5H3. The van der Waals surface area contributed by atoms with Crippen LogP contribution in [0.2, 0.25) is 19.6 Å². The molecule has 2 aromatic rings. The van der Waals surface area contributed by atoms with Gasteiger partial charge in [0.15, 0.2) is 0 Å². The third-order valence-corrected chi connectivity index (χ3v) is 5.73. The lowest BCUT2D eigenvalue weighted by atomic mass is 9.99. The Bertz CT molecular complexity index is 527. The molecule has 0 unspecified atom stereocenters. The molecule has 0 aromatic heterocycles. The molecule has 0 amide bonds. The highest BCUT2D eigenvalue weighted by Crippen LogP contribution is 2.22. The predicted octanol–water partition coefficient (Wildman–Crippen LogP) is 5.02. The molecule has 0 aliphatic carbocycles. The van der Waals surface area contributed by atoms with E-state index in [1.807, 2.05) is 0 Å². The van der Waals surface area contributed by atoms with Crippen LogP contribution in [0.5, 0.6) is 0 Å². The van der Waals surface area contributed by atoms with Gasteiger partial charge in [-0.2, -0.15) is 0 Å². The van der Waals surface area contributed by atoms with E-state index in [0.29, 0.717) is 5.92 Å². The number of hydrogen-bond acceptors (Lipinski definition) is 0. The molecule has 1 heteroatoms. The normalized spacial score (nSPS) is 11.9. The van der Waals surface area contributed by atoms with E-state index >= 15 is 0 Å². The van der Waals surface area contributed by atoms with Gasteiger partial charge in [-0.15, -0.1) is 0 Å². The molecular weight excluding hydrogens is 244 g/mol. The van der Waals surface area contributed by atoms with Crippen LogP contribution in [-0.2, 0) is 0 Å². The minimum Gasteiger partial charge on any atom is -0.0656 e. The third kappa shape index (κ3) is 3.36. The minimum absolute atomic E-state index is 0.600. The summed E-state index contributed by atoms with van der Waals surface area (Å²) in [7, 11) is -1.18. The summed E-state index contributed by atoms with van der Waals surface area (Å²) in [5.41, 5.74) is 4.03. The van der Waals surface area contributed by atoms with Crippen molar-refractivity contribution in [1.82, 2.24) is 0 Å². The maximum Gasteiger partial charge on any atom is 0.0775 e. The summed E-state index contributed by atoms with van der Waals surface area (Å²) in [6, 6.07) is 18.1. The van der Waals surface area contributed by atoms with Gasteiger partial charge in [0.1, 0.15) is 0 Å². The van der Waals surface area contributed by atoms with Gasteiger partial charge in [0.25, 0.3) is 0 Å². The van der Waals surface area contributed by atoms with Crippen molar-refractivity contribution in [3.05, 3.63) is 54.1 Å². The zero-order chi connectivity index (χ0) is 14.0. The predicted molar refractivity (Wildman–Crippen MR) is 88.9 cm³/mol. The van der Waals surface area contributed by atoms with E-state index in [9.17, 15) is 0 Å². The summed E-state index contributed by atoms with van der Waals surface area (Å²) in [6.07, 6.45) is 0. The van der Waals surface area contributed by atoms with Crippen molar-refractivity contribution in [2.24, 2.45) is 0 Å². The Balaban J connectivity index is 2.27. The Morgan fingerprint density at radius 3 is 1.47 bits per heavy atom. The topological polar surface area (TPSA) is 0 Å². The van der Waals surface area contributed by atoms with E-state index in [4.69, 9.17) is 0 Å². The molecule has 0 saturated heterocycles. The Kier molecular flexibility index (Phi) is 3.95. The first-order chi connectivity index (χ1) is 8.88. The molecule has 100 valence electrons. The molecule has 19 heavy (non-hydrogen) atoms. The number of benzene rings is 2. The van der Waals surface area contributed by atoms with Crippen molar-refractivity contribution in [3.8, 4) is 11.1 Å². The van der Waals surface area contributed by atoms with Gasteiger partial charge in [-0.1, -0.05) is 87.2 Å². The largest absolute Gasteiger partial charge is 0.0775 e. The molecule has 0 spiro atoms. The molecule has 2 rings (SSSR count). The molecule has 0 nitrogen and oxygen atoms in total. The lowest BCUT2D eigenvalue weighted by Crippen LogP contribution is -2.37. The monoisotopic (exact) mass is 268 g/mol. The zero-order valence-corrected chi connectivity index (χ0v) is 13.7. The van der Waals surface area contributed by atoms with Crippen molar-refractivity contribution < 1.29 is 0 Å². The summed E-state index contributed by atoms with van der Waals surface area (Å²) in [5.74, 6) is 0.600.